The summed E-state index contributed by atoms with van der Waals surface area (Å²) in [4.78, 5) is 17.1. The van der Waals surface area contributed by atoms with Crippen LogP contribution in [0.25, 0.3) is 0 Å². The lowest BCUT2D eigenvalue weighted by Crippen LogP contribution is -2.37. The van der Waals surface area contributed by atoms with Crippen LogP contribution in [0.1, 0.15) is 11.3 Å². The van der Waals surface area contributed by atoms with Crippen LogP contribution in [-0.4, -0.2) is 45.7 Å². The smallest absolute Gasteiger partial charge is 0.321 e. The van der Waals surface area contributed by atoms with Gasteiger partial charge in [-0.1, -0.05) is 30.3 Å². The third kappa shape index (κ3) is 3.68. The Hall–Kier alpha value is -2.14. The van der Waals surface area contributed by atoms with Crippen molar-refractivity contribution in [1.29, 1.82) is 0 Å². The van der Waals surface area contributed by atoms with Crippen LogP contribution in [0, 0.1) is 0 Å². The van der Waals surface area contributed by atoms with E-state index in [1.165, 1.54) is 5.56 Å². The van der Waals surface area contributed by atoms with Crippen molar-refractivity contribution in [3.63, 3.8) is 0 Å². The lowest BCUT2D eigenvalue weighted by Gasteiger charge is -2.18. The van der Waals surface area contributed by atoms with Crippen LogP contribution < -0.4 is 0 Å². The average molecular weight is 273 g/mol. The summed E-state index contributed by atoms with van der Waals surface area (Å²) < 4.78 is 1.97. The van der Waals surface area contributed by atoms with Crippen LogP contribution in [0.3, 0.4) is 0 Å². The summed E-state index contributed by atoms with van der Waals surface area (Å²) in [5, 5.41) is 9.17. The molecule has 1 aromatic carbocycles. The molecule has 0 unspecified atom stereocenters. The molecule has 1 N–H and O–H groups in total. The zero-order chi connectivity index (χ0) is 14.5. The topological polar surface area (TPSA) is 58.4 Å². The number of nitrogens with zero attached hydrogens (tertiary/aromatic N) is 3. The predicted octanol–water partition coefficient (Wildman–Crippen LogP) is 1.49. The van der Waals surface area contributed by atoms with E-state index in [1.54, 1.807) is 25.3 Å². The van der Waals surface area contributed by atoms with Gasteiger partial charge in [0.1, 0.15) is 6.04 Å². The molecular weight excluding hydrogens is 254 g/mol. The summed E-state index contributed by atoms with van der Waals surface area (Å²) in [6.07, 6.45) is 4.06. The summed E-state index contributed by atoms with van der Waals surface area (Å²) in [6.45, 7) is 0.744. The lowest BCUT2D eigenvalue weighted by atomic mass is 10.1. The fourth-order valence-corrected chi connectivity index (χ4v) is 2.08. The molecular formula is C15H19N3O2. The standard InChI is InChI=1S/C15H19N3O2/c1-17(2)14(15(19)20)8-13-10-18(11-16-13)9-12-6-4-3-5-7-12/h3-7,10-11,14H,8-9H2,1-2H3,(H,19,20)/t14-/m0/s1. The molecule has 0 fully saturated rings. The number of benzene rings is 1. The van der Waals surface area contributed by atoms with Gasteiger partial charge >= 0.3 is 5.97 Å². The molecule has 0 aliphatic heterocycles. The quantitative estimate of drug-likeness (QED) is 0.866. The molecule has 0 radical (unpaired) electrons. The highest BCUT2D eigenvalue weighted by atomic mass is 16.4. The molecule has 0 spiro atoms. The Bertz CT molecular complexity index is 564. The number of hydrogen-bond acceptors (Lipinski definition) is 3. The molecule has 0 aliphatic carbocycles. The average Bonchev–Trinajstić information content (AvgIpc) is 2.84. The maximum atomic E-state index is 11.2. The summed E-state index contributed by atoms with van der Waals surface area (Å²) in [7, 11) is 3.53. The normalized spacial score (nSPS) is 12.6. The van der Waals surface area contributed by atoms with E-state index in [4.69, 9.17) is 0 Å². The van der Waals surface area contributed by atoms with Gasteiger partial charge in [-0.05, 0) is 19.7 Å². The minimum Gasteiger partial charge on any atom is -0.480 e. The first-order valence-electron chi connectivity index (χ1n) is 6.50. The largest absolute Gasteiger partial charge is 0.480 e. The number of carbonyl (C=O) groups is 1. The first kappa shape index (κ1) is 14.3. The SMILES string of the molecule is CN(C)[C@@H](Cc1cn(Cc2ccccc2)cn1)C(=O)O. The molecule has 1 aromatic heterocycles. The number of likely N-dealkylation sites (N-methyl/N-ethyl adjacent to an activating group) is 1. The van der Waals surface area contributed by atoms with Crippen LogP contribution in [0.15, 0.2) is 42.9 Å². The van der Waals surface area contributed by atoms with Gasteiger partial charge in [-0.15, -0.1) is 0 Å². The number of carboxylic acids is 1. The number of rotatable bonds is 6. The van der Waals surface area contributed by atoms with E-state index in [1.807, 2.05) is 29.0 Å². The van der Waals surface area contributed by atoms with Crippen molar-refractivity contribution in [3.8, 4) is 0 Å². The van der Waals surface area contributed by atoms with Crippen molar-refractivity contribution in [2.75, 3.05) is 14.1 Å². The van der Waals surface area contributed by atoms with Gasteiger partial charge in [0.15, 0.2) is 0 Å². The molecule has 20 heavy (non-hydrogen) atoms. The number of aromatic nitrogens is 2. The molecule has 106 valence electrons. The van der Waals surface area contributed by atoms with Crippen LogP contribution in [0.2, 0.25) is 0 Å². The predicted molar refractivity (Wildman–Crippen MR) is 76.6 cm³/mol. The van der Waals surface area contributed by atoms with Gasteiger partial charge in [-0.2, -0.15) is 0 Å². The molecule has 0 bridgehead atoms. The minimum atomic E-state index is -0.826. The van der Waals surface area contributed by atoms with Crippen molar-refractivity contribution in [1.82, 2.24) is 14.5 Å². The second-order valence-electron chi connectivity index (χ2n) is 5.04. The van der Waals surface area contributed by atoms with Crippen molar-refractivity contribution in [2.24, 2.45) is 0 Å². The maximum Gasteiger partial charge on any atom is 0.321 e. The van der Waals surface area contributed by atoms with Gasteiger partial charge in [0.05, 0.1) is 12.0 Å². The number of hydrogen-bond donors (Lipinski definition) is 1. The highest BCUT2D eigenvalue weighted by Crippen LogP contribution is 2.08. The summed E-state index contributed by atoms with van der Waals surface area (Å²) in [5.74, 6) is -0.826. The molecule has 0 saturated carbocycles. The Kier molecular flexibility index (Phi) is 4.53. The van der Waals surface area contributed by atoms with E-state index in [0.717, 1.165) is 12.2 Å². The van der Waals surface area contributed by atoms with E-state index in [-0.39, 0.29) is 0 Å². The van der Waals surface area contributed by atoms with Crippen molar-refractivity contribution in [3.05, 3.63) is 54.1 Å². The molecule has 5 nitrogen and oxygen atoms in total. The van der Waals surface area contributed by atoms with Gasteiger partial charge in [0, 0.05) is 19.2 Å². The van der Waals surface area contributed by atoms with E-state index in [0.29, 0.717) is 6.42 Å². The highest BCUT2D eigenvalue weighted by Gasteiger charge is 2.21. The Morgan fingerprint density at radius 3 is 2.65 bits per heavy atom. The van der Waals surface area contributed by atoms with Crippen LogP contribution in [0.4, 0.5) is 0 Å². The van der Waals surface area contributed by atoms with Gasteiger partial charge < -0.3 is 9.67 Å². The molecule has 2 aromatic rings. The van der Waals surface area contributed by atoms with Crippen molar-refractivity contribution < 1.29 is 9.90 Å². The molecule has 2 rings (SSSR count). The Morgan fingerprint density at radius 1 is 1.35 bits per heavy atom. The van der Waals surface area contributed by atoms with Crippen LogP contribution >= 0.6 is 0 Å². The molecule has 0 saturated heterocycles. The van der Waals surface area contributed by atoms with Gasteiger partial charge in [0.25, 0.3) is 0 Å². The van der Waals surface area contributed by atoms with Gasteiger partial charge in [-0.25, -0.2) is 4.98 Å². The first-order valence-corrected chi connectivity index (χ1v) is 6.50. The van der Waals surface area contributed by atoms with Gasteiger partial charge in [0.2, 0.25) is 0 Å². The fourth-order valence-electron chi connectivity index (χ4n) is 2.08. The second-order valence-corrected chi connectivity index (χ2v) is 5.04. The fraction of sp³-hybridized carbons (Fsp3) is 0.333. The molecule has 0 amide bonds. The first-order chi connectivity index (χ1) is 9.56. The Balaban J connectivity index is 2.03. The zero-order valence-electron chi connectivity index (χ0n) is 11.7. The maximum absolute atomic E-state index is 11.2. The number of carboxylic acid groups (broad SMARTS) is 1. The molecule has 5 heteroatoms. The summed E-state index contributed by atoms with van der Waals surface area (Å²) in [6, 6.07) is 9.55. The Labute approximate surface area is 118 Å². The number of aliphatic carboxylic acids is 1. The highest BCUT2D eigenvalue weighted by molar-refractivity contribution is 5.73. The van der Waals surface area contributed by atoms with Crippen LogP contribution in [-0.2, 0) is 17.8 Å². The van der Waals surface area contributed by atoms with E-state index in [2.05, 4.69) is 17.1 Å². The molecule has 0 aliphatic rings. The third-order valence-corrected chi connectivity index (χ3v) is 3.21. The Morgan fingerprint density at radius 2 is 2.05 bits per heavy atom. The zero-order valence-corrected chi connectivity index (χ0v) is 11.7. The monoisotopic (exact) mass is 273 g/mol. The van der Waals surface area contributed by atoms with Crippen LogP contribution in [0.5, 0.6) is 0 Å². The van der Waals surface area contributed by atoms with Gasteiger partial charge in [-0.3, -0.25) is 9.69 Å². The summed E-state index contributed by atoms with van der Waals surface area (Å²) >= 11 is 0. The second kappa shape index (κ2) is 6.34. The van der Waals surface area contributed by atoms with Crippen molar-refractivity contribution in [2.45, 2.75) is 19.0 Å². The lowest BCUT2D eigenvalue weighted by molar-refractivity contribution is -0.142. The third-order valence-electron chi connectivity index (χ3n) is 3.21. The molecule has 1 atom stereocenters. The summed E-state index contributed by atoms with van der Waals surface area (Å²) in [5.41, 5.74) is 1.99. The number of imidazole rings is 1. The molecule has 1 heterocycles. The van der Waals surface area contributed by atoms with E-state index >= 15 is 0 Å². The van der Waals surface area contributed by atoms with E-state index < -0.39 is 12.0 Å². The minimum absolute atomic E-state index is 0.407. The van der Waals surface area contributed by atoms with E-state index in [9.17, 15) is 9.90 Å². The van der Waals surface area contributed by atoms with Crippen molar-refractivity contribution >= 4 is 5.97 Å².